The number of hydrogen-bond acceptors (Lipinski definition) is 4. The van der Waals surface area contributed by atoms with Crippen molar-refractivity contribution in [2.24, 2.45) is 10.4 Å². The van der Waals surface area contributed by atoms with E-state index in [1.807, 2.05) is 18.2 Å². The SMILES string of the molecule is CCC(C)(C)/C(=C1/SC(N2CCCC2)=NC1=O)c1cccc(-c2ccc(O)cc2)c1. The van der Waals surface area contributed by atoms with Gasteiger partial charge in [-0.15, -0.1) is 0 Å². The molecule has 30 heavy (non-hydrogen) atoms. The molecule has 2 aliphatic heterocycles. The van der Waals surface area contributed by atoms with Crippen molar-refractivity contribution in [1.29, 1.82) is 0 Å². The summed E-state index contributed by atoms with van der Waals surface area (Å²) >= 11 is 1.54. The molecule has 0 bridgehead atoms. The van der Waals surface area contributed by atoms with E-state index in [4.69, 9.17) is 0 Å². The summed E-state index contributed by atoms with van der Waals surface area (Å²) < 4.78 is 0. The molecule has 1 fully saturated rings. The molecule has 5 heteroatoms. The zero-order valence-electron chi connectivity index (χ0n) is 17.8. The second-order valence-corrected chi connectivity index (χ2v) is 9.54. The highest BCUT2D eigenvalue weighted by Gasteiger charge is 2.35. The Hall–Kier alpha value is -2.53. The Bertz CT molecular complexity index is 1020. The molecule has 0 aromatic heterocycles. The Balaban J connectivity index is 1.78. The maximum atomic E-state index is 13.0. The number of allylic oxidation sites excluding steroid dienone is 1. The summed E-state index contributed by atoms with van der Waals surface area (Å²) in [6, 6.07) is 15.6. The van der Waals surface area contributed by atoms with Gasteiger partial charge in [0.25, 0.3) is 5.91 Å². The van der Waals surface area contributed by atoms with Crippen LogP contribution in [0, 0.1) is 5.41 Å². The monoisotopic (exact) mass is 420 g/mol. The molecule has 156 valence electrons. The average Bonchev–Trinajstić information content (AvgIpc) is 3.39. The smallest absolute Gasteiger partial charge is 0.286 e. The Morgan fingerprint density at radius 2 is 1.80 bits per heavy atom. The van der Waals surface area contributed by atoms with Gasteiger partial charge in [-0.05, 0) is 76.9 Å². The third-order valence-corrected chi connectivity index (χ3v) is 7.22. The van der Waals surface area contributed by atoms with E-state index in [-0.39, 0.29) is 17.1 Å². The molecule has 4 rings (SSSR count). The van der Waals surface area contributed by atoms with Crippen LogP contribution >= 0.6 is 11.8 Å². The number of amidine groups is 1. The van der Waals surface area contributed by atoms with Gasteiger partial charge < -0.3 is 10.0 Å². The molecule has 0 atom stereocenters. The third-order valence-electron chi connectivity index (χ3n) is 6.10. The van der Waals surface area contributed by atoms with Crippen LogP contribution in [0.25, 0.3) is 16.7 Å². The minimum atomic E-state index is -0.165. The summed E-state index contributed by atoms with van der Waals surface area (Å²) in [5.74, 6) is 0.137. The second-order valence-electron chi connectivity index (χ2n) is 8.56. The highest BCUT2D eigenvalue weighted by molar-refractivity contribution is 8.18. The molecule has 2 aliphatic rings. The summed E-state index contributed by atoms with van der Waals surface area (Å²) in [7, 11) is 0. The number of carbonyl (C=O) groups is 1. The molecule has 0 spiro atoms. The molecule has 4 nitrogen and oxygen atoms in total. The summed E-state index contributed by atoms with van der Waals surface area (Å²) in [4.78, 5) is 20.4. The number of benzene rings is 2. The van der Waals surface area contributed by atoms with Crippen molar-refractivity contribution in [2.75, 3.05) is 13.1 Å². The van der Waals surface area contributed by atoms with Crippen molar-refractivity contribution in [3.05, 3.63) is 59.0 Å². The van der Waals surface area contributed by atoms with E-state index < -0.39 is 0 Å². The fraction of sp³-hybridized carbons (Fsp3) is 0.360. The quantitative estimate of drug-likeness (QED) is 0.623. The van der Waals surface area contributed by atoms with Crippen molar-refractivity contribution >= 4 is 28.4 Å². The maximum absolute atomic E-state index is 13.0. The third kappa shape index (κ3) is 4.04. The molecule has 2 aromatic carbocycles. The number of carbonyl (C=O) groups excluding carboxylic acids is 1. The van der Waals surface area contributed by atoms with Gasteiger partial charge in [0.2, 0.25) is 0 Å². The summed E-state index contributed by atoms with van der Waals surface area (Å²) in [5, 5.41) is 10.5. The number of thioether (sulfide) groups is 1. The molecule has 1 amide bonds. The van der Waals surface area contributed by atoms with E-state index in [0.717, 1.165) is 64.7 Å². The topological polar surface area (TPSA) is 52.9 Å². The Morgan fingerprint density at radius 3 is 2.47 bits per heavy atom. The zero-order valence-corrected chi connectivity index (χ0v) is 18.6. The van der Waals surface area contributed by atoms with Gasteiger partial charge in [0.15, 0.2) is 5.17 Å². The predicted molar refractivity (Wildman–Crippen MR) is 125 cm³/mol. The van der Waals surface area contributed by atoms with Crippen molar-refractivity contribution < 1.29 is 9.90 Å². The van der Waals surface area contributed by atoms with Crippen LogP contribution in [0.2, 0.25) is 0 Å². The lowest BCUT2D eigenvalue weighted by atomic mass is 9.77. The van der Waals surface area contributed by atoms with Crippen molar-refractivity contribution in [3.8, 4) is 16.9 Å². The zero-order chi connectivity index (χ0) is 21.3. The molecule has 2 aromatic rings. The Morgan fingerprint density at radius 1 is 1.10 bits per heavy atom. The van der Waals surface area contributed by atoms with E-state index in [1.54, 1.807) is 12.1 Å². The summed E-state index contributed by atoms with van der Waals surface area (Å²) in [6.07, 6.45) is 3.24. The number of aromatic hydroxyl groups is 1. The number of amides is 1. The van der Waals surface area contributed by atoms with Gasteiger partial charge in [-0.25, -0.2) is 0 Å². The van der Waals surface area contributed by atoms with Crippen LogP contribution in [0.3, 0.4) is 0 Å². The van der Waals surface area contributed by atoms with E-state index in [1.165, 1.54) is 11.8 Å². The van der Waals surface area contributed by atoms with Crippen LogP contribution in [0.4, 0.5) is 0 Å². The number of nitrogens with zero attached hydrogens (tertiary/aromatic N) is 2. The minimum Gasteiger partial charge on any atom is -0.508 e. The number of likely N-dealkylation sites (tertiary alicyclic amines) is 1. The number of rotatable bonds is 4. The van der Waals surface area contributed by atoms with Crippen molar-refractivity contribution in [2.45, 2.75) is 40.0 Å². The van der Waals surface area contributed by atoms with E-state index >= 15 is 0 Å². The molecular weight excluding hydrogens is 392 g/mol. The van der Waals surface area contributed by atoms with Gasteiger partial charge >= 0.3 is 0 Å². The standard InChI is InChI=1S/C25H28N2O2S/c1-4-25(2,3)21(22-23(29)26-24(30-22)27-14-5-6-15-27)19-9-7-8-18(16-19)17-10-12-20(28)13-11-17/h7-13,16,28H,4-6,14-15H2,1-3H3/b22-21+. The number of phenolic OH excluding ortho intramolecular Hbond substituents is 1. The van der Waals surface area contributed by atoms with Crippen molar-refractivity contribution in [1.82, 2.24) is 4.90 Å². The van der Waals surface area contributed by atoms with E-state index in [9.17, 15) is 9.90 Å². The van der Waals surface area contributed by atoms with Gasteiger partial charge in [0.1, 0.15) is 5.75 Å². The lowest BCUT2D eigenvalue weighted by Gasteiger charge is -2.29. The van der Waals surface area contributed by atoms with Gasteiger partial charge in [0, 0.05) is 13.1 Å². The summed E-state index contributed by atoms with van der Waals surface area (Å²) in [6.45, 7) is 8.52. The van der Waals surface area contributed by atoms with Gasteiger partial charge in [0.05, 0.1) is 4.91 Å². The van der Waals surface area contributed by atoms with Crippen LogP contribution in [-0.2, 0) is 4.79 Å². The Kier molecular flexibility index (Phi) is 5.74. The van der Waals surface area contributed by atoms with Crippen molar-refractivity contribution in [3.63, 3.8) is 0 Å². The highest BCUT2D eigenvalue weighted by atomic mass is 32.2. The van der Waals surface area contributed by atoms with Crippen LogP contribution < -0.4 is 0 Å². The van der Waals surface area contributed by atoms with Crippen LogP contribution in [0.15, 0.2) is 58.4 Å². The van der Waals surface area contributed by atoms with Crippen LogP contribution in [0.1, 0.15) is 45.6 Å². The average molecular weight is 421 g/mol. The van der Waals surface area contributed by atoms with Gasteiger partial charge in [-0.1, -0.05) is 51.1 Å². The molecule has 0 saturated carbocycles. The minimum absolute atomic E-state index is 0.117. The molecule has 0 aliphatic carbocycles. The number of hydrogen-bond donors (Lipinski definition) is 1. The van der Waals surface area contributed by atoms with E-state index in [2.05, 4.69) is 48.9 Å². The first-order chi connectivity index (χ1) is 14.4. The molecule has 1 saturated heterocycles. The summed E-state index contributed by atoms with van der Waals surface area (Å²) in [5.41, 5.74) is 4.06. The van der Waals surface area contributed by atoms with Crippen LogP contribution in [-0.4, -0.2) is 34.2 Å². The fourth-order valence-electron chi connectivity index (χ4n) is 4.01. The first-order valence-corrected chi connectivity index (χ1v) is 11.4. The van der Waals surface area contributed by atoms with Gasteiger partial charge in [-0.2, -0.15) is 4.99 Å². The highest BCUT2D eigenvalue weighted by Crippen LogP contribution is 2.46. The normalized spacial score (nSPS) is 18.7. The lowest BCUT2D eigenvalue weighted by molar-refractivity contribution is -0.113. The first-order valence-electron chi connectivity index (χ1n) is 10.6. The largest absolute Gasteiger partial charge is 0.508 e. The molecule has 0 unspecified atom stereocenters. The van der Waals surface area contributed by atoms with Gasteiger partial charge in [-0.3, -0.25) is 4.79 Å². The molecular formula is C25H28N2O2S. The fourth-order valence-corrected chi connectivity index (χ4v) is 5.26. The predicted octanol–water partition coefficient (Wildman–Crippen LogP) is 5.93. The molecule has 0 radical (unpaired) electrons. The first kappa shape index (κ1) is 20.7. The molecule has 2 heterocycles. The number of phenols is 1. The Labute approximate surface area is 182 Å². The van der Waals surface area contributed by atoms with Crippen LogP contribution in [0.5, 0.6) is 5.75 Å². The number of aliphatic imine (C=N–C) groups is 1. The maximum Gasteiger partial charge on any atom is 0.286 e. The molecule has 1 N–H and O–H groups in total. The van der Waals surface area contributed by atoms with E-state index in [0.29, 0.717) is 0 Å². The second kappa shape index (κ2) is 8.31. The lowest BCUT2D eigenvalue weighted by Crippen LogP contribution is -2.23.